The van der Waals surface area contributed by atoms with Crippen molar-refractivity contribution in [2.75, 3.05) is 0 Å². The summed E-state index contributed by atoms with van der Waals surface area (Å²) in [5, 5.41) is 10.8. The molecule has 0 amide bonds. The normalized spacial score (nSPS) is 10.7. The Morgan fingerprint density at radius 2 is 1.83 bits per heavy atom. The van der Waals surface area contributed by atoms with Gasteiger partial charge in [-0.05, 0) is 28.7 Å². The van der Waals surface area contributed by atoms with Gasteiger partial charge in [-0.25, -0.2) is 18.7 Å². The Balaban J connectivity index is 2.00. The van der Waals surface area contributed by atoms with Crippen molar-refractivity contribution in [2.24, 2.45) is 0 Å². The number of benzene rings is 2. The lowest BCUT2D eigenvalue weighted by Gasteiger charge is -2.07. The molecule has 0 bridgehead atoms. The SMILES string of the molecule is O=[N+]([O-])c1ccc(I)c(Oc2cnc3cc(F)c(F)cc3n2)c1. The number of nitro groups is 1. The number of non-ortho nitro benzene ring substituents is 1. The zero-order valence-electron chi connectivity index (χ0n) is 11.2. The van der Waals surface area contributed by atoms with E-state index in [0.717, 1.165) is 12.1 Å². The number of aromatic nitrogens is 2. The highest BCUT2D eigenvalue weighted by molar-refractivity contribution is 14.1. The molecule has 0 aliphatic heterocycles. The zero-order valence-corrected chi connectivity index (χ0v) is 13.3. The van der Waals surface area contributed by atoms with Crippen molar-refractivity contribution in [3.05, 3.63) is 61.8 Å². The van der Waals surface area contributed by atoms with Crippen LogP contribution in [0.5, 0.6) is 11.6 Å². The monoisotopic (exact) mass is 429 g/mol. The second-order valence-electron chi connectivity index (χ2n) is 4.44. The Morgan fingerprint density at radius 1 is 1.13 bits per heavy atom. The molecule has 1 aromatic heterocycles. The third kappa shape index (κ3) is 3.18. The molecule has 3 rings (SSSR count). The second-order valence-corrected chi connectivity index (χ2v) is 5.60. The van der Waals surface area contributed by atoms with Crippen molar-refractivity contribution < 1.29 is 18.4 Å². The summed E-state index contributed by atoms with van der Waals surface area (Å²) < 4.78 is 32.5. The van der Waals surface area contributed by atoms with E-state index < -0.39 is 16.6 Å². The van der Waals surface area contributed by atoms with E-state index in [2.05, 4.69) is 9.97 Å². The number of hydrogen-bond acceptors (Lipinski definition) is 5. The van der Waals surface area contributed by atoms with Gasteiger partial charge in [0.15, 0.2) is 11.6 Å². The molecule has 0 saturated carbocycles. The first-order valence-electron chi connectivity index (χ1n) is 6.17. The quantitative estimate of drug-likeness (QED) is 0.354. The summed E-state index contributed by atoms with van der Waals surface area (Å²) in [6, 6.07) is 5.96. The first-order valence-corrected chi connectivity index (χ1v) is 7.25. The maximum atomic E-state index is 13.3. The van der Waals surface area contributed by atoms with Gasteiger partial charge >= 0.3 is 0 Å². The lowest BCUT2D eigenvalue weighted by atomic mass is 10.3. The summed E-state index contributed by atoms with van der Waals surface area (Å²) >= 11 is 1.95. The lowest BCUT2D eigenvalue weighted by Crippen LogP contribution is -1.96. The van der Waals surface area contributed by atoms with E-state index in [-0.39, 0.29) is 28.4 Å². The Labute approximate surface area is 141 Å². The van der Waals surface area contributed by atoms with Crippen LogP contribution in [0.25, 0.3) is 11.0 Å². The summed E-state index contributed by atoms with van der Waals surface area (Å²) in [4.78, 5) is 18.2. The molecule has 1 heterocycles. The molecule has 0 N–H and O–H groups in total. The predicted molar refractivity (Wildman–Crippen MR) is 85.3 cm³/mol. The first-order chi connectivity index (χ1) is 10.9. The van der Waals surface area contributed by atoms with Gasteiger partial charge in [0.05, 0.1) is 31.8 Å². The highest BCUT2D eigenvalue weighted by Crippen LogP contribution is 2.30. The van der Waals surface area contributed by atoms with E-state index in [0.29, 0.717) is 3.57 Å². The molecule has 0 aliphatic rings. The van der Waals surface area contributed by atoms with Crippen molar-refractivity contribution in [3.63, 3.8) is 0 Å². The van der Waals surface area contributed by atoms with Gasteiger partial charge in [-0.3, -0.25) is 10.1 Å². The van der Waals surface area contributed by atoms with E-state index in [4.69, 9.17) is 4.74 Å². The summed E-state index contributed by atoms with van der Waals surface area (Å²) in [7, 11) is 0. The fourth-order valence-electron chi connectivity index (χ4n) is 1.84. The molecule has 0 saturated heterocycles. The number of nitro benzene ring substituents is 1. The van der Waals surface area contributed by atoms with Crippen molar-refractivity contribution >= 4 is 39.3 Å². The largest absolute Gasteiger partial charge is 0.436 e. The number of hydrogen-bond donors (Lipinski definition) is 0. The molecular formula is C14H6F2IN3O3. The fraction of sp³-hybridized carbons (Fsp3) is 0. The molecule has 0 radical (unpaired) electrons. The van der Waals surface area contributed by atoms with E-state index >= 15 is 0 Å². The number of rotatable bonds is 3. The molecule has 23 heavy (non-hydrogen) atoms. The molecule has 0 fully saturated rings. The average molecular weight is 429 g/mol. The van der Waals surface area contributed by atoms with Crippen LogP contribution in [0, 0.1) is 25.3 Å². The molecular weight excluding hydrogens is 423 g/mol. The van der Waals surface area contributed by atoms with E-state index in [1.807, 2.05) is 22.6 Å². The minimum absolute atomic E-state index is 0.0157. The van der Waals surface area contributed by atoms with Crippen LogP contribution in [0.3, 0.4) is 0 Å². The number of nitrogens with zero attached hydrogens (tertiary/aromatic N) is 3. The Bertz CT molecular complexity index is 937. The van der Waals surface area contributed by atoms with Gasteiger partial charge in [0.25, 0.3) is 5.69 Å². The molecule has 116 valence electrons. The first kappa shape index (κ1) is 15.5. The molecule has 6 nitrogen and oxygen atoms in total. The third-order valence-corrected chi connectivity index (χ3v) is 3.79. The summed E-state index contributed by atoms with van der Waals surface area (Å²) in [6.45, 7) is 0. The van der Waals surface area contributed by atoms with Crippen LogP contribution in [0.15, 0.2) is 36.5 Å². The van der Waals surface area contributed by atoms with E-state index in [9.17, 15) is 18.9 Å². The van der Waals surface area contributed by atoms with Crippen LogP contribution in [0.1, 0.15) is 0 Å². The molecule has 0 atom stereocenters. The molecule has 9 heteroatoms. The Morgan fingerprint density at radius 3 is 2.52 bits per heavy atom. The maximum Gasteiger partial charge on any atom is 0.273 e. The minimum Gasteiger partial charge on any atom is -0.436 e. The van der Waals surface area contributed by atoms with E-state index in [1.54, 1.807) is 0 Å². The average Bonchev–Trinajstić information content (AvgIpc) is 2.50. The van der Waals surface area contributed by atoms with Crippen molar-refractivity contribution in [1.82, 2.24) is 9.97 Å². The number of ether oxygens (including phenoxy) is 1. The molecule has 2 aromatic carbocycles. The fourth-order valence-corrected chi connectivity index (χ4v) is 2.28. The lowest BCUT2D eigenvalue weighted by molar-refractivity contribution is -0.384. The highest BCUT2D eigenvalue weighted by Gasteiger charge is 2.13. The van der Waals surface area contributed by atoms with Crippen molar-refractivity contribution in [2.45, 2.75) is 0 Å². The van der Waals surface area contributed by atoms with Crippen LogP contribution in [-0.4, -0.2) is 14.9 Å². The second kappa shape index (κ2) is 5.99. The minimum atomic E-state index is -1.05. The molecule has 3 aromatic rings. The zero-order chi connectivity index (χ0) is 16.6. The van der Waals surface area contributed by atoms with Gasteiger partial charge in [0.1, 0.15) is 5.75 Å². The van der Waals surface area contributed by atoms with Gasteiger partial charge in [-0.2, -0.15) is 0 Å². The standard InChI is InChI=1S/C14H6F2IN3O3/c15-8-4-11-12(5-9(8)16)19-14(6-18-11)23-13-3-7(20(21)22)1-2-10(13)17/h1-6H. The van der Waals surface area contributed by atoms with Gasteiger partial charge in [-0.15, -0.1) is 0 Å². The predicted octanol–water partition coefficient (Wildman–Crippen LogP) is 4.21. The molecule has 0 spiro atoms. The smallest absolute Gasteiger partial charge is 0.273 e. The van der Waals surface area contributed by atoms with Crippen LogP contribution in [0.2, 0.25) is 0 Å². The maximum absolute atomic E-state index is 13.3. The van der Waals surface area contributed by atoms with Crippen LogP contribution >= 0.6 is 22.6 Å². The van der Waals surface area contributed by atoms with Crippen LogP contribution in [-0.2, 0) is 0 Å². The summed E-state index contributed by atoms with van der Waals surface area (Å²) in [5.74, 6) is -1.83. The van der Waals surface area contributed by atoms with Crippen LogP contribution in [0.4, 0.5) is 14.5 Å². The van der Waals surface area contributed by atoms with E-state index in [1.165, 1.54) is 24.4 Å². The van der Waals surface area contributed by atoms with Gasteiger partial charge in [0.2, 0.25) is 5.88 Å². The molecule has 0 unspecified atom stereocenters. The Hall–Kier alpha value is -2.43. The van der Waals surface area contributed by atoms with Gasteiger partial charge in [0, 0.05) is 18.2 Å². The number of halogens is 3. The van der Waals surface area contributed by atoms with Crippen molar-refractivity contribution in [1.29, 1.82) is 0 Å². The summed E-state index contributed by atoms with van der Waals surface area (Å²) in [6.07, 6.45) is 1.23. The number of fused-ring (bicyclic) bond motifs is 1. The Kier molecular flexibility index (Phi) is 4.03. The van der Waals surface area contributed by atoms with Crippen molar-refractivity contribution in [3.8, 4) is 11.6 Å². The van der Waals surface area contributed by atoms with Crippen LogP contribution < -0.4 is 4.74 Å². The highest BCUT2D eigenvalue weighted by atomic mass is 127. The topological polar surface area (TPSA) is 78.2 Å². The van der Waals surface area contributed by atoms with Gasteiger partial charge in [-0.1, -0.05) is 0 Å². The molecule has 0 aliphatic carbocycles. The summed E-state index contributed by atoms with van der Waals surface area (Å²) in [5.41, 5.74) is 0.147. The van der Waals surface area contributed by atoms with Gasteiger partial charge < -0.3 is 4.74 Å². The third-order valence-electron chi connectivity index (χ3n) is 2.90.